The number of hydrogen-bond donors (Lipinski definition) is 0. The molecule has 1 saturated carbocycles. The topological polar surface area (TPSA) is 58.4 Å². The van der Waals surface area contributed by atoms with Gasteiger partial charge in [0.05, 0.1) is 18.6 Å². The predicted octanol–water partition coefficient (Wildman–Crippen LogP) is 4.74. The van der Waals surface area contributed by atoms with Crippen LogP contribution in [0.3, 0.4) is 0 Å². The molecule has 1 aliphatic carbocycles. The Balaban J connectivity index is 1.74. The van der Waals surface area contributed by atoms with E-state index in [-0.39, 0.29) is 19.1 Å². The van der Waals surface area contributed by atoms with Crippen molar-refractivity contribution >= 4 is 15.7 Å². The summed E-state index contributed by atoms with van der Waals surface area (Å²) in [6, 6.07) is 5.13. The lowest BCUT2D eigenvalue weighted by atomic mass is 9.97. The molecule has 0 saturated heterocycles. The van der Waals surface area contributed by atoms with Crippen LogP contribution < -0.4 is 4.90 Å². The van der Waals surface area contributed by atoms with Crippen LogP contribution in [0.25, 0.3) is 0 Å². The second-order valence-electron chi connectivity index (χ2n) is 9.42. The van der Waals surface area contributed by atoms with Crippen LogP contribution >= 0.6 is 0 Å². The van der Waals surface area contributed by atoms with Crippen molar-refractivity contribution in [1.29, 1.82) is 0 Å². The van der Waals surface area contributed by atoms with Gasteiger partial charge in [0.2, 0.25) is 0 Å². The first-order chi connectivity index (χ1) is 15.5. The van der Waals surface area contributed by atoms with Crippen molar-refractivity contribution in [3.8, 4) is 0 Å². The third-order valence-corrected chi connectivity index (χ3v) is 8.40. The van der Waals surface area contributed by atoms with Crippen LogP contribution in [0.1, 0.15) is 55.3 Å². The van der Waals surface area contributed by atoms with Crippen LogP contribution in [0.15, 0.2) is 30.7 Å². The van der Waals surface area contributed by atoms with Crippen molar-refractivity contribution < 1.29 is 21.6 Å². The number of halogens is 3. The Morgan fingerprint density at radius 1 is 1.15 bits per heavy atom. The molecule has 0 bridgehead atoms. The molecule has 4 rings (SSSR count). The fourth-order valence-corrected chi connectivity index (χ4v) is 6.07. The van der Waals surface area contributed by atoms with Gasteiger partial charge in [0.25, 0.3) is 0 Å². The number of benzene rings is 1. The lowest BCUT2D eigenvalue weighted by Gasteiger charge is -2.34. The number of nitrogens with zero attached hydrogens (tertiary/aromatic N) is 4. The van der Waals surface area contributed by atoms with Gasteiger partial charge in [-0.2, -0.15) is 17.5 Å². The minimum atomic E-state index is -5.45. The van der Waals surface area contributed by atoms with Gasteiger partial charge in [0.1, 0.15) is 0 Å². The molecule has 1 fully saturated rings. The predicted molar refractivity (Wildman–Crippen MR) is 121 cm³/mol. The minimum absolute atomic E-state index is 0.199. The summed E-state index contributed by atoms with van der Waals surface area (Å²) in [5.41, 5.74) is -2.20. The molecule has 1 aromatic heterocycles. The van der Waals surface area contributed by atoms with E-state index in [1.54, 1.807) is 12.4 Å². The molecule has 0 spiro atoms. The lowest BCUT2D eigenvalue weighted by molar-refractivity contribution is -0.0492. The van der Waals surface area contributed by atoms with Gasteiger partial charge in [-0.15, -0.1) is 0 Å². The van der Waals surface area contributed by atoms with Gasteiger partial charge in [-0.05, 0) is 42.9 Å². The summed E-state index contributed by atoms with van der Waals surface area (Å²) in [6.07, 6.45) is 9.73. The summed E-state index contributed by atoms with van der Waals surface area (Å²) >= 11 is 0. The second-order valence-corrected chi connectivity index (χ2v) is 11.3. The zero-order valence-electron chi connectivity index (χ0n) is 19.1. The molecule has 6 nitrogen and oxygen atoms in total. The minimum Gasteiger partial charge on any atom is -0.361 e. The quantitative estimate of drug-likeness (QED) is 0.594. The van der Waals surface area contributed by atoms with Crippen molar-refractivity contribution in [2.45, 2.75) is 70.1 Å². The number of hydrogen-bond acceptors (Lipinski definition) is 4. The molecule has 0 radical (unpaired) electrons. The van der Waals surface area contributed by atoms with E-state index in [0.717, 1.165) is 36.2 Å². The number of rotatable bonds is 6. The van der Waals surface area contributed by atoms with E-state index >= 15 is 0 Å². The standard InChI is InChI=1S/C23H31F3N4O2S/c1-17-7-9-19-12-29(33(31,32)23(24,25)26)15-21(10-8-18-5-3-4-6-18)30(22(19)11-17)14-20-13-28(2)16-27-20/h7,9,11,13,16,18,21H,3-6,8,10,12,14-15H2,1-2H3. The molecule has 0 amide bonds. The van der Waals surface area contributed by atoms with E-state index in [0.29, 0.717) is 28.8 Å². The van der Waals surface area contributed by atoms with Gasteiger partial charge < -0.3 is 9.47 Å². The second kappa shape index (κ2) is 9.29. The summed E-state index contributed by atoms with van der Waals surface area (Å²) in [7, 11) is -3.58. The molecule has 1 unspecified atom stereocenters. The van der Waals surface area contributed by atoms with Crippen LogP contribution in [0, 0.1) is 12.8 Å². The zero-order valence-corrected chi connectivity index (χ0v) is 19.9. The lowest BCUT2D eigenvalue weighted by Crippen LogP contribution is -2.47. The Bertz CT molecular complexity index is 1080. The summed E-state index contributed by atoms with van der Waals surface area (Å²) < 4.78 is 68.0. The molecular weight excluding hydrogens is 453 g/mol. The average Bonchev–Trinajstić information content (AvgIpc) is 3.37. The fraction of sp³-hybridized carbons (Fsp3) is 0.609. The first kappa shape index (κ1) is 24.1. The largest absolute Gasteiger partial charge is 0.511 e. The summed E-state index contributed by atoms with van der Waals surface area (Å²) in [6.45, 7) is 1.85. The molecule has 1 aromatic carbocycles. The van der Waals surface area contributed by atoms with E-state index in [1.165, 1.54) is 12.8 Å². The summed E-state index contributed by atoms with van der Waals surface area (Å²) in [4.78, 5) is 6.50. The Hall–Kier alpha value is -2.07. The normalized spacial score (nSPS) is 20.8. The van der Waals surface area contributed by atoms with Crippen molar-refractivity contribution in [1.82, 2.24) is 13.9 Å². The molecule has 2 heterocycles. The van der Waals surface area contributed by atoms with Crippen molar-refractivity contribution in [2.75, 3.05) is 11.4 Å². The van der Waals surface area contributed by atoms with Crippen LogP contribution in [0.2, 0.25) is 0 Å². The maximum atomic E-state index is 13.5. The number of aryl methyl sites for hydroxylation is 2. The highest BCUT2D eigenvalue weighted by atomic mass is 32.2. The monoisotopic (exact) mass is 484 g/mol. The number of anilines is 1. The third kappa shape index (κ3) is 5.21. The van der Waals surface area contributed by atoms with E-state index in [4.69, 9.17) is 0 Å². The maximum absolute atomic E-state index is 13.5. The van der Waals surface area contributed by atoms with Crippen LogP contribution in [-0.2, 0) is 30.2 Å². The van der Waals surface area contributed by atoms with E-state index < -0.39 is 15.5 Å². The van der Waals surface area contributed by atoms with Crippen LogP contribution in [-0.4, -0.2) is 40.4 Å². The fourth-order valence-electron chi connectivity index (χ4n) is 5.10. The first-order valence-electron chi connectivity index (χ1n) is 11.4. The molecular formula is C23H31F3N4O2S. The van der Waals surface area contributed by atoms with Gasteiger partial charge in [0.15, 0.2) is 0 Å². The maximum Gasteiger partial charge on any atom is 0.511 e. The Labute approximate surface area is 193 Å². The Morgan fingerprint density at radius 2 is 1.88 bits per heavy atom. The van der Waals surface area contributed by atoms with Gasteiger partial charge in [-0.3, -0.25) is 0 Å². The number of sulfonamides is 1. The number of imidazole rings is 1. The van der Waals surface area contributed by atoms with Gasteiger partial charge in [-0.25, -0.2) is 13.4 Å². The first-order valence-corrected chi connectivity index (χ1v) is 12.9. The SMILES string of the molecule is Cc1ccc2c(c1)N(Cc1cn(C)cn1)C(CCC1CCCC1)CN(S(=O)(=O)C(F)(F)F)C2. The van der Waals surface area contributed by atoms with Gasteiger partial charge >= 0.3 is 15.5 Å². The number of alkyl halides is 3. The summed E-state index contributed by atoms with van der Waals surface area (Å²) in [5, 5.41) is 0. The van der Waals surface area contributed by atoms with E-state index in [1.807, 2.05) is 36.9 Å². The van der Waals surface area contributed by atoms with E-state index in [9.17, 15) is 21.6 Å². The van der Waals surface area contributed by atoms with Crippen molar-refractivity contribution in [3.63, 3.8) is 0 Å². The highest BCUT2D eigenvalue weighted by Crippen LogP contribution is 2.37. The average molecular weight is 485 g/mol. The third-order valence-electron chi connectivity index (χ3n) is 6.86. The molecule has 1 aliphatic heterocycles. The molecule has 182 valence electrons. The van der Waals surface area contributed by atoms with Crippen molar-refractivity contribution in [2.24, 2.45) is 13.0 Å². The smallest absolute Gasteiger partial charge is 0.361 e. The highest BCUT2D eigenvalue weighted by Gasteiger charge is 2.51. The number of aromatic nitrogens is 2. The van der Waals surface area contributed by atoms with Crippen LogP contribution in [0.4, 0.5) is 18.9 Å². The number of fused-ring (bicyclic) bond motifs is 1. The zero-order chi connectivity index (χ0) is 23.8. The molecule has 33 heavy (non-hydrogen) atoms. The molecule has 10 heteroatoms. The molecule has 2 aliphatic rings. The molecule has 2 aromatic rings. The highest BCUT2D eigenvalue weighted by molar-refractivity contribution is 7.89. The summed E-state index contributed by atoms with van der Waals surface area (Å²) in [5.74, 6) is 0.551. The van der Waals surface area contributed by atoms with E-state index in [2.05, 4.69) is 9.88 Å². The Morgan fingerprint density at radius 3 is 2.52 bits per heavy atom. The van der Waals surface area contributed by atoms with Crippen molar-refractivity contribution in [3.05, 3.63) is 47.5 Å². The van der Waals surface area contributed by atoms with Gasteiger partial charge in [0, 0.05) is 38.1 Å². The molecule has 1 atom stereocenters. The van der Waals surface area contributed by atoms with Gasteiger partial charge in [-0.1, -0.05) is 37.8 Å². The van der Waals surface area contributed by atoms with Crippen LogP contribution in [0.5, 0.6) is 0 Å². The molecule has 0 N–H and O–H groups in total. The Kier molecular flexibility index (Phi) is 6.77.